The number of carbonyl (C=O) groups excluding carboxylic acids is 1. The summed E-state index contributed by atoms with van der Waals surface area (Å²) in [6, 6.07) is 9.48. The minimum absolute atomic E-state index is 0.0563. The van der Waals surface area contributed by atoms with Crippen LogP contribution in [0.25, 0.3) is 0 Å². The van der Waals surface area contributed by atoms with Crippen LogP contribution in [-0.4, -0.2) is 29.6 Å². The number of amides is 1. The van der Waals surface area contributed by atoms with Crippen LogP contribution >= 0.6 is 0 Å². The molecule has 0 heterocycles. The van der Waals surface area contributed by atoms with Crippen LogP contribution in [0.4, 0.5) is 0 Å². The first-order valence-corrected chi connectivity index (χ1v) is 6.38. The maximum Gasteiger partial charge on any atom is 0.303 e. The monoisotopic (exact) mass is 264 g/mol. The molecule has 1 aromatic rings. The van der Waals surface area contributed by atoms with E-state index < -0.39 is 17.9 Å². The summed E-state index contributed by atoms with van der Waals surface area (Å²) < 4.78 is 0. The molecule has 0 fully saturated rings. The van der Waals surface area contributed by atoms with Crippen LogP contribution in [0.5, 0.6) is 0 Å². The Hall–Kier alpha value is -1.88. The summed E-state index contributed by atoms with van der Waals surface area (Å²) in [4.78, 5) is 21.6. The van der Waals surface area contributed by atoms with Crippen molar-refractivity contribution < 1.29 is 14.7 Å². The lowest BCUT2D eigenvalue weighted by Crippen LogP contribution is -2.42. The molecular weight excluding hydrogens is 244 g/mol. The van der Waals surface area contributed by atoms with Gasteiger partial charge in [-0.25, -0.2) is 0 Å². The Morgan fingerprint density at radius 2 is 1.95 bits per heavy atom. The minimum atomic E-state index is -0.919. The van der Waals surface area contributed by atoms with E-state index >= 15 is 0 Å². The highest BCUT2D eigenvalue weighted by molar-refractivity contribution is 5.80. The Balaban J connectivity index is 2.24. The number of nitrogens with one attached hydrogen (secondary N) is 1. The third-order valence-corrected chi connectivity index (χ3v) is 2.87. The maximum absolute atomic E-state index is 11.1. The number of primary amides is 1. The number of benzene rings is 1. The van der Waals surface area contributed by atoms with Crippen molar-refractivity contribution in [3.05, 3.63) is 35.9 Å². The molecule has 4 N–H and O–H groups in total. The highest BCUT2D eigenvalue weighted by atomic mass is 16.4. The van der Waals surface area contributed by atoms with Gasteiger partial charge in [-0.3, -0.25) is 9.59 Å². The van der Waals surface area contributed by atoms with Gasteiger partial charge in [-0.15, -0.1) is 0 Å². The number of hydrogen-bond donors (Lipinski definition) is 3. The molecule has 19 heavy (non-hydrogen) atoms. The molecule has 104 valence electrons. The Bertz CT molecular complexity index is 406. The molecule has 0 aliphatic carbocycles. The van der Waals surface area contributed by atoms with Crippen molar-refractivity contribution in [1.82, 2.24) is 5.32 Å². The number of nitrogens with two attached hydrogens (primary N) is 1. The van der Waals surface area contributed by atoms with E-state index in [4.69, 9.17) is 10.8 Å². The van der Waals surface area contributed by atoms with Crippen molar-refractivity contribution >= 4 is 11.9 Å². The normalized spacial score (nSPS) is 12.0. The fraction of sp³-hybridized carbons (Fsp3) is 0.429. The zero-order valence-electron chi connectivity index (χ0n) is 10.8. The molecule has 1 atom stereocenters. The Morgan fingerprint density at radius 1 is 1.26 bits per heavy atom. The average molecular weight is 264 g/mol. The zero-order chi connectivity index (χ0) is 14.1. The van der Waals surface area contributed by atoms with E-state index in [0.717, 1.165) is 12.8 Å². The van der Waals surface area contributed by atoms with Crippen LogP contribution in [0, 0.1) is 0 Å². The van der Waals surface area contributed by atoms with Crippen molar-refractivity contribution in [2.75, 3.05) is 6.54 Å². The molecule has 0 aliphatic rings. The summed E-state index contributed by atoms with van der Waals surface area (Å²) in [6.07, 6.45) is 1.97. The molecule has 0 aromatic heterocycles. The van der Waals surface area contributed by atoms with Crippen LogP contribution < -0.4 is 11.1 Å². The number of carboxylic acid groups (broad SMARTS) is 1. The molecule has 1 aromatic carbocycles. The van der Waals surface area contributed by atoms with Crippen molar-refractivity contribution in [3.63, 3.8) is 0 Å². The van der Waals surface area contributed by atoms with E-state index in [1.54, 1.807) is 0 Å². The molecule has 1 rings (SSSR count). The van der Waals surface area contributed by atoms with Gasteiger partial charge in [0.2, 0.25) is 5.91 Å². The van der Waals surface area contributed by atoms with Gasteiger partial charge in [0.25, 0.3) is 0 Å². The van der Waals surface area contributed by atoms with Crippen LogP contribution in [0.2, 0.25) is 0 Å². The van der Waals surface area contributed by atoms with Crippen LogP contribution in [-0.2, 0) is 16.0 Å². The van der Waals surface area contributed by atoms with Crippen molar-refractivity contribution in [1.29, 1.82) is 0 Å². The van der Waals surface area contributed by atoms with Crippen LogP contribution in [0.1, 0.15) is 24.8 Å². The summed E-state index contributed by atoms with van der Waals surface area (Å²) >= 11 is 0. The van der Waals surface area contributed by atoms with Gasteiger partial charge in [-0.1, -0.05) is 30.3 Å². The van der Waals surface area contributed by atoms with Crippen molar-refractivity contribution in [3.8, 4) is 0 Å². The van der Waals surface area contributed by atoms with Gasteiger partial charge >= 0.3 is 5.97 Å². The minimum Gasteiger partial charge on any atom is -0.481 e. The SMILES string of the molecule is NC(=O)[C@H](CCC(=O)O)NCCCc1ccccc1. The van der Waals surface area contributed by atoms with E-state index in [-0.39, 0.29) is 12.8 Å². The van der Waals surface area contributed by atoms with Gasteiger partial charge in [0.15, 0.2) is 0 Å². The topological polar surface area (TPSA) is 92.4 Å². The Labute approximate surface area is 112 Å². The quantitative estimate of drug-likeness (QED) is 0.578. The standard InChI is InChI=1S/C14H20N2O3/c15-14(19)12(8-9-13(17)18)16-10-4-7-11-5-2-1-3-6-11/h1-3,5-6,12,16H,4,7-10H2,(H2,15,19)(H,17,18)/t12-/m0/s1. The number of rotatable bonds is 9. The van der Waals surface area contributed by atoms with Crippen molar-refractivity contribution in [2.24, 2.45) is 5.73 Å². The fourth-order valence-corrected chi connectivity index (χ4v) is 1.83. The van der Waals surface area contributed by atoms with Gasteiger partial charge in [0.05, 0.1) is 6.04 Å². The van der Waals surface area contributed by atoms with E-state index in [2.05, 4.69) is 17.4 Å². The molecule has 5 nitrogen and oxygen atoms in total. The number of hydrogen-bond acceptors (Lipinski definition) is 3. The van der Waals surface area contributed by atoms with E-state index in [1.165, 1.54) is 5.56 Å². The molecular formula is C14H20N2O3. The van der Waals surface area contributed by atoms with Gasteiger partial charge in [0.1, 0.15) is 0 Å². The highest BCUT2D eigenvalue weighted by Gasteiger charge is 2.15. The van der Waals surface area contributed by atoms with Gasteiger partial charge < -0.3 is 16.2 Å². The predicted molar refractivity (Wildman–Crippen MR) is 72.6 cm³/mol. The predicted octanol–water partition coefficient (Wildman–Crippen LogP) is 0.927. The Kier molecular flexibility index (Phi) is 6.60. The van der Waals surface area contributed by atoms with Crippen LogP contribution in [0.3, 0.4) is 0 Å². The largest absolute Gasteiger partial charge is 0.481 e. The van der Waals surface area contributed by atoms with Crippen LogP contribution in [0.15, 0.2) is 30.3 Å². The number of carboxylic acids is 1. The third-order valence-electron chi connectivity index (χ3n) is 2.87. The fourth-order valence-electron chi connectivity index (χ4n) is 1.83. The summed E-state index contributed by atoms with van der Waals surface area (Å²) in [6.45, 7) is 0.641. The highest BCUT2D eigenvalue weighted by Crippen LogP contribution is 2.02. The van der Waals surface area contributed by atoms with Crippen molar-refractivity contribution in [2.45, 2.75) is 31.7 Å². The summed E-state index contributed by atoms with van der Waals surface area (Å²) in [5.41, 5.74) is 6.46. The van der Waals surface area contributed by atoms with Gasteiger partial charge in [-0.2, -0.15) is 0 Å². The van der Waals surface area contributed by atoms with Gasteiger partial charge in [0, 0.05) is 6.42 Å². The van der Waals surface area contributed by atoms with Gasteiger partial charge in [-0.05, 0) is 31.4 Å². The van der Waals surface area contributed by atoms with E-state index in [9.17, 15) is 9.59 Å². The lowest BCUT2D eigenvalue weighted by atomic mass is 10.1. The summed E-state index contributed by atoms with van der Waals surface area (Å²) in [5, 5.41) is 11.6. The lowest BCUT2D eigenvalue weighted by molar-refractivity contribution is -0.137. The first-order chi connectivity index (χ1) is 9.09. The number of carbonyl (C=O) groups is 2. The summed E-state index contributed by atoms with van der Waals surface area (Å²) in [7, 11) is 0. The lowest BCUT2D eigenvalue weighted by Gasteiger charge is -2.14. The molecule has 5 heteroatoms. The van der Waals surface area contributed by atoms with E-state index in [1.807, 2.05) is 18.2 Å². The first kappa shape index (κ1) is 15.2. The first-order valence-electron chi connectivity index (χ1n) is 6.38. The number of aryl methyl sites for hydroxylation is 1. The molecule has 0 bridgehead atoms. The second kappa shape index (κ2) is 8.26. The molecule has 0 unspecified atom stereocenters. The molecule has 0 spiro atoms. The van der Waals surface area contributed by atoms with E-state index in [0.29, 0.717) is 6.54 Å². The second-order valence-electron chi connectivity index (χ2n) is 4.43. The summed E-state index contributed by atoms with van der Waals surface area (Å²) in [5.74, 6) is -1.42. The number of aliphatic carboxylic acids is 1. The molecule has 0 saturated carbocycles. The maximum atomic E-state index is 11.1. The molecule has 0 radical (unpaired) electrons. The average Bonchev–Trinajstić information content (AvgIpc) is 2.38. The zero-order valence-corrected chi connectivity index (χ0v) is 10.8. The second-order valence-corrected chi connectivity index (χ2v) is 4.43. The Morgan fingerprint density at radius 3 is 2.53 bits per heavy atom. The smallest absolute Gasteiger partial charge is 0.303 e. The third kappa shape index (κ3) is 6.57. The molecule has 1 amide bonds. The molecule has 0 aliphatic heterocycles. The molecule has 0 saturated heterocycles.